The molecule has 0 saturated heterocycles. The normalized spacial score (nSPS) is 20.4. The van der Waals surface area contributed by atoms with Crippen LogP contribution in [0, 0.1) is 11.7 Å². The van der Waals surface area contributed by atoms with E-state index in [9.17, 15) is 19.1 Å². The molecule has 172 valence electrons. The first-order chi connectivity index (χ1) is 16.0. The number of fused-ring (bicyclic) bond motifs is 1. The van der Waals surface area contributed by atoms with E-state index in [2.05, 4.69) is 31.0 Å². The Morgan fingerprint density at radius 1 is 1.03 bits per heavy atom. The summed E-state index contributed by atoms with van der Waals surface area (Å²) in [5.74, 6) is -1.67. The van der Waals surface area contributed by atoms with Gasteiger partial charge in [0.15, 0.2) is 17.2 Å². The Morgan fingerprint density at radius 3 is 2.45 bits per heavy atom. The molecule has 0 aliphatic heterocycles. The maximum absolute atomic E-state index is 14.0. The largest absolute Gasteiger partial charge is 0.481 e. The first-order valence-electron chi connectivity index (χ1n) is 11.0. The minimum absolute atomic E-state index is 0.0192. The minimum Gasteiger partial charge on any atom is -0.481 e. The summed E-state index contributed by atoms with van der Waals surface area (Å²) in [6, 6.07) is 3.69. The Bertz CT molecular complexity index is 1200. The molecule has 1 amide bonds. The van der Waals surface area contributed by atoms with Crippen LogP contribution in [-0.4, -0.2) is 48.6 Å². The van der Waals surface area contributed by atoms with Gasteiger partial charge < -0.3 is 21.1 Å². The minimum atomic E-state index is -0.747. The molecule has 3 heterocycles. The highest BCUT2D eigenvalue weighted by molar-refractivity contribution is 6.03. The third-order valence-corrected chi connectivity index (χ3v) is 6.09. The number of aliphatic carboxylic acids is 1. The zero-order valence-electron chi connectivity index (χ0n) is 17.8. The number of carbonyl (C=O) groups is 2. The van der Waals surface area contributed by atoms with Crippen LogP contribution in [0.5, 0.6) is 0 Å². The number of aromatic nitrogens is 4. The van der Waals surface area contributed by atoms with Crippen molar-refractivity contribution in [1.29, 1.82) is 0 Å². The molecule has 0 unspecified atom stereocenters. The van der Waals surface area contributed by atoms with Crippen LogP contribution in [0.15, 0.2) is 30.7 Å². The summed E-state index contributed by atoms with van der Waals surface area (Å²) >= 11 is 0. The molecule has 2 aliphatic carbocycles. The summed E-state index contributed by atoms with van der Waals surface area (Å²) in [6.45, 7) is 0. The standard InChI is InChI=1S/C22H24FN7O3/c23-15-10-24-8-7-16(15)28-21(31)18-11-25-20-17(26-13-5-6-13)9-19(29-30(18)20)27-14-3-1-12(2-4-14)22(32)33/h7-14,26H,1-6H2,(H,27,29)(H,32,33)(H,24,28,31)/t12-,14-. The number of hydrogen-bond donors (Lipinski definition) is 4. The van der Waals surface area contributed by atoms with Crippen LogP contribution in [0.2, 0.25) is 0 Å². The molecular weight excluding hydrogens is 429 g/mol. The van der Waals surface area contributed by atoms with Crippen LogP contribution in [0.25, 0.3) is 5.65 Å². The summed E-state index contributed by atoms with van der Waals surface area (Å²) in [7, 11) is 0. The van der Waals surface area contributed by atoms with Gasteiger partial charge in [0.1, 0.15) is 5.82 Å². The molecule has 11 heteroatoms. The van der Waals surface area contributed by atoms with Gasteiger partial charge in [0.05, 0.1) is 29.7 Å². The van der Waals surface area contributed by atoms with Gasteiger partial charge in [0, 0.05) is 24.3 Å². The number of carboxylic acids is 1. The summed E-state index contributed by atoms with van der Waals surface area (Å²) < 4.78 is 15.4. The predicted octanol–water partition coefficient (Wildman–Crippen LogP) is 3.15. The van der Waals surface area contributed by atoms with Crippen LogP contribution < -0.4 is 16.0 Å². The molecule has 0 aromatic carbocycles. The summed E-state index contributed by atoms with van der Waals surface area (Å²) in [6.07, 6.45) is 8.62. The maximum Gasteiger partial charge on any atom is 0.306 e. The second-order valence-electron chi connectivity index (χ2n) is 8.58. The molecule has 0 spiro atoms. The number of pyridine rings is 1. The summed E-state index contributed by atoms with van der Waals surface area (Å²) in [5, 5.41) is 23.2. The van der Waals surface area contributed by atoms with Gasteiger partial charge in [-0.05, 0) is 44.6 Å². The molecule has 0 bridgehead atoms. The van der Waals surface area contributed by atoms with E-state index in [1.165, 1.54) is 23.0 Å². The molecule has 2 saturated carbocycles. The predicted molar refractivity (Wildman–Crippen MR) is 119 cm³/mol. The van der Waals surface area contributed by atoms with Gasteiger partial charge in [0.25, 0.3) is 5.91 Å². The Hall–Kier alpha value is -3.76. The van der Waals surface area contributed by atoms with Crippen molar-refractivity contribution in [3.63, 3.8) is 0 Å². The molecule has 10 nitrogen and oxygen atoms in total. The molecule has 2 aliphatic rings. The van der Waals surface area contributed by atoms with Crippen LogP contribution in [-0.2, 0) is 4.79 Å². The van der Waals surface area contributed by atoms with Crippen molar-refractivity contribution in [2.24, 2.45) is 5.92 Å². The lowest BCUT2D eigenvalue weighted by Gasteiger charge is -2.27. The molecule has 5 rings (SSSR count). The number of carbonyl (C=O) groups excluding carboxylic acids is 1. The highest BCUT2D eigenvalue weighted by Gasteiger charge is 2.28. The second kappa shape index (κ2) is 8.64. The number of hydrogen-bond acceptors (Lipinski definition) is 7. The number of rotatable bonds is 7. The van der Waals surface area contributed by atoms with Crippen molar-refractivity contribution >= 4 is 34.7 Å². The topological polar surface area (TPSA) is 134 Å². The maximum atomic E-state index is 14.0. The van der Waals surface area contributed by atoms with E-state index >= 15 is 0 Å². The number of amides is 1. The Morgan fingerprint density at radius 2 is 1.76 bits per heavy atom. The van der Waals surface area contributed by atoms with Gasteiger partial charge in [0.2, 0.25) is 0 Å². The average Bonchev–Trinajstić information content (AvgIpc) is 3.51. The van der Waals surface area contributed by atoms with E-state index in [-0.39, 0.29) is 23.3 Å². The Labute approximate surface area is 188 Å². The van der Waals surface area contributed by atoms with Crippen molar-refractivity contribution in [3.05, 3.63) is 42.2 Å². The van der Waals surface area contributed by atoms with E-state index in [1.807, 2.05) is 6.07 Å². The smallest absolute Gasteiger partial charge is 0.306 e. The first-order valence-corrected chi connectivity index (χ1v) is 11.0. The molecule has 4 N–H and O–H groups in total. The van der Waals surface area contributed by atoms with Crippen molar-refractivity contribution < 1.29 is 19.1 Å². The third kappa shape index (κ3) is 4.57. The number of carboxylic acid groups (broad SMARTS) is 1. The monoisotopic (exact) mass is 453 g/mol. The van der Waals surface area contributed by atoms with Crippen molar-refractivity contribution in [1.82, 2.24) is 19.6 Å². The van der Waals surface area contributed by atoms with Gasteiger partial charge in [-0.3, -0.25) is 14.6 Å². The fourth-order valence-corrected chi connectivity index (χ4v) is 4.10. The van der Waals surface area contributed by atoms with Gasteiger partial charge in [-0.2, -0.15) is 0 Å². The van der Waals surface area contributed by atoms with Crippen LogP contribution in [0.3, 0.4) is 0 Å². The third-order valence-electron chi connectivity index (χ3n) is 6.09. The van der Waals surface area contributed by atoms with Crippen LogP contribution in [0.4, 0.5) is 21.6 Å². The van der Waals surface area contributed by atoms with Gasteiger partial charge >= 0.3 is 5.97 Å². The number of nitrogens with zero attached hydrogens (tertiary/aromatic N) is 4. The van der Waals surface area contributed by atoms with Crippen LogP contribution >= 0.6 is 0 Å². The lowest BCUT2D eigenvalue weighted by Crippen LogP contribution is -2.30. The van der Waals surface area contributed by atoms with Crippen LogP contribution in [0.1, 0.15) is 49.0 Å². The molecule has 3 aromatic rings. The molecule has 2 fully saturated rings. The zero-order chi connectivity index (χ0) is 22.9. The Balaban J connectivity index is 1.42. The number of anilines is 3. The fraction of sp³-hybridized carbons (Fsp3) is 0.409. The summed E-state index contributed by atoms with van der Waals surface area (Å²) in [5.41, 5.74) is 1.44. The van der Waals surface area contributed by atoms with Crippen molar-refractivity contribution in [2.45, 2.75) is 50.6 Å². The van der Waals surface area contributed by atoms with E-state index < -0.39 is 17.7 Å². The first kappa shape index (κ1) is 21.1. The molecule has 0 atom stereocenters. The van der Waals surface area contributed by atoms with Gasteiger partial charge in [-0.1, -0.05) is 0 Å². The Kier molecular flexibility index (Phi) is 5.53. The van der Waals surface area contributed by atoms with E-state index in [4.69, 9.17) is 0 Å². The molecule has 0 radical (unpaired) electrons. The highest BCUT2D eigenvalue weighted by atomic mass is 19.1. The zero-order valence-corrected chi connectivity index (χ0v) is 17.8. The van der Waals surface area contributed by atoms with Gasteiger partial charge in [-0.25, -0.2) is 13.9 Å². The fourth-order valence-electron chi connectivity index (χ4n) is 4.10. The average molecular weight is 453 g/mol. The number of halogens is 1. The number of imidazole rings is 1. The summed E-state index contributed by atoms with van der Waals surface area (Å²) in [4.78, 5) is 32.2. The lowest BCUT2D eigenvalue weighted by atomic mass is 9.86. The van der Waals surface area contributed by atoms with Crippen molar-refractivity contribution in [2.75, 3.05) is 16.0 Å². The van der Waals surface area contributed by atoms with E-state index in [0.717, 1.165) is 37.6 Å². The lowest BCUT2D eigenvalue weighted by molar-refractivity contribution is -0.142. The van der Waals surface area contributed by atoms with Gasteiger partial charge in [-0.15, -0.1) is 5.10 Å². The quantitative estimate of drug-likeness (QED) is 0.429. The van der Waals surface area contributed by atoms with Crippen molar-refractivity contribution in [3.8, 4) is 0 Å². The molecule has 33 heavy (non-hydrogen) atoms. The molecular formula is C22H24FN7O3. The highest BCUT2D eigenvalue weighted by Crippen LogP contribution is 2.31. The number of nitrogens with one attached hydrogen (secondary N) is 3. The van der Waals surface area contributed by atoms with E-state index in [1.54, 1.807) is 0 Å². The molecule has 3 aromatic heterocycles. The van der Waals surface area contributed by atoms with E-state index in [0.29, 0.717) is 30.3 Å². The SMILES string of the molecule is O=C(Nc1ccncc1F)c1cnc2c(NC3CC3)cc(N[C@H]3CC[C@H](C(=O)O)CC3)nn12. The second-order valence-corrected chi connectivity index (χ2v) is 8.58.